The van der Waals surface area contributed by atoms with E-state index in [1.165, 1.54) is 0 Å². The molecule has 1 amide bonds. The number of rotatable bonds is 2. The fourth-order valence-corrected chi connectivity index (χ4v) is 4.41. The molecule has 6 heteroatoms. The molecule has 18 heavy (non-hydrogen) atoms. The van der Waals surface area contributed by atoms with Gasteiger partial charge in [-0.15, -0.1) is 0 Å². The monoisotopic (exact) mass is 439 g/mol. The highest BCUT2D eigenvalue weighted by Crippen LogP contribution is 2.39. The number of hydrogen-bond acceptors (Lipinski definition) is 2. The van der Waals surface area contributed by atoms with E-state index in [0.717, 1.165) is 36.0 Å². The maximum Gasteiger partial charge on any atom is 0.227 e. The second-order valence-corrected chi connectivity index (χ2v) is 6.75. The highest BCUT2D eigenvalue weighted by atomic mass is 79.9. The summed E-state index contributed by atoms with van der Waals surface area (Å²) in [5.41, 5.74) is 0.785. The molecule has 1 fully saturated rings. The number of phenols is 1. The smallest absolute Gasteiger partial charge is 0.227 e. The Morgan fingerprint density at radius 3 is 2.44 bits per heavy atom. The second-order valence-electron chi connectivity index (χ2n) is 4.25. The molecule has 1 aromatic rings. The van der Waals surface area contributed by atoms with Crippen LogP contribution in [0.5, 0.6) is 5.75 Å². The van der Waals surface area contributed by atoms with Crippen molar-refractivity contribution in [3.8, 4) is 5.75 Å². The number of amides is 1. The molecular weight excluding hydrogens is 430 g/mol. The molecule has 0 spiro atoms. The first-order valence-electron chi connectivity index (χ1n) is 5.64. The van der Waals surface area contributed by atoms with Crippen molar-refractivity contribution < 1.29 is 9.90 Å². The molecule has 1 heterocycles. The number of hydrogen-bond donors (Lipinski definition) is 1. The van der Waals surface area contributed by atoms with Gasteiger partial charge in [0, 0.05) is 17.6 Å². The zero-order chi connectivity index (χ0) is 13.3. The fraction of sp³-hybridized carbons (Fsp3) is 0.417. The van der Waals surface area contributed by atoms with E-state index in [1.807, 2.05) is 4.90 Å². The van der Waals surface area contributed by atoms with E-state index in [9.17, 15) is 9.90 Å². The molecule has 0 bridgehead atoms. The van der Waals surface area contributed by atoms with Crippen LogP contribution >= 0.6 is 47.8 Å². The van der Waals surface area contributed by atoms with Crippen molar-refractivity contribution >= 4 is 53.7 Å². The summed E-state index contributed by atoms with van der Waals surface area (Å²) in [6.45, 7) is 1.69. The Hall–Kier alpha value is -0.0700. The summed E-state index contributed by atoms with van der Waals surface area (Å²) in [5.74, 6) is 0.234. The van der Waals surface area contributed by atoms with E-state index in [1.54, 1.807) is 6.07 Å². The third kappa shape index (κ3) is 2.91. The van der Waals surface area contributed by atoms with Crippen molar-refractivity contribution in [3.63, 3.8) is 0 Å². The Morgan fingerprint density at radius 2 is 1.83 bits per heavy atom. The molecule has 0 radical (unpaired) electrons. The van der Waals surface area contributed by atoms with Crippen LogP contribution in [-0.4, -0.2) is 29.0 Å². The Morgan fingerprint density at radius 1 is 1.22 bits per heavy atom. The predicted octanol–water partition coefficient (Wildman–Crippen LogP) is 3.84. The van der Waals surface area contributed by atoms with Gasteiger partial charge in [-0.25, -0.2) is 0 Å². The van der Waals surface area contributed by atoms with Crippen LogP contribution in [0.3, 0.4) is 0 Å². The van der Waals surface area contributed by atoms with Crippen LogP contribution in [0.15, 0.2) is 19.5 Å². The van der Waals surface area contributed by atoms with Gasteiger partial charge in [0.2, 0.25) is 5.91 Å². The Balaban J connectivity index is 2.23. The number of nitrogens with zero attached hydrogens (tertiary/aromatic N) is 1. The van der Waals surface area contributed by atoms with Crippen molar-refractivity contribution in [1.82, 2.24) is 4.90 Å². The number of aromatic hydroxyl groups is 1. The number of likely N-dealkylation sites (tertiary alicyclic amines) is 1. The highest BCUT2D eigenvalue weighted by molar-refractivity contribution is 9.11. The van der Waals surface area contributed by atoms with Gasteiger partial charge in [-0.1, -0.05) is 15.9 Å². The molecule has 0 unspecified atom stereocenters. The van der Waals surface area contributed by atoms with E-state index >= 15 is 0 Å². The van der Waals surface area contributed by atoms with Crippen LogP contribution in [0.1, 0.15) is 18.4 Å². The van der Waals surface area contributed by atoms with E-state index in [2.05, 4.69) is 47.8 Å². The van der Waals surface area contributed by atoms with Crippen LogP contribution in [0.2, 0.25) is 0 Å². The summed E-state index contributed by atoms with van der Waals surface area (Å²) in [6, 6.07) is 1.76. The minimum Gasteiger partial charge on any atom is -0.506 e. The molecule has 98 valence electrons. The summed E-state index contributed by atoms with van der Waals surface area (Å²) >= 11 is 10.0. The lowest BCUT2D eigenvalue weighted by Gasteiger charge is -2.17. The number of carbonyl (C=O) groups is 1. The topological polar surface area (TPSA) is 40.5 Å². The van der Waals surface area contributed by atoms with Crippen molar-refractivity contribution in [2.24, 2.45) is 0 Å². The minimum atomic E-state index is 0.107. The molecule has 0 saturated carbocycles. The molecule has 1 N–H and O–H groups in total. The molecule has 0 aromatic heterocycles. The van der Waals surface area contributed by atoms with Crippen LogP contribution in [0.4, 0.5) is 0 Å². The molecule has 1 saturated heterocycles. The van der Waals surface area contributed by atoms with Gasteiger partial charge in [-0.3, -0.25) is 4.79 Å². The average Bonchev–Trinajstić information content (AvgIpc) is 2.85. The van der Waals surface area contributed by atoms with E-state index in [4.69, 9.17) is 0 Å². The van der Waals surface area contributed by atoms with Gasteiger partial charge in [0.1, 0.15) is 5.75 Å². The molecule has 1 aromatic carbocycles. The Kier molecular flexibility index (Phi) is 4.72. The lowest BCUT2D eigenvalue weighted by Crippen LogP contribution is -2.29. The van der Waals surface area contributed by atoms with Gasteiger partial charge in [0.15, 0.2) is 0 Å². The average molecular weight is 442 g/mol. The normalized spacial score (nSPS) is 15.2. The Labute approximate surface area is 131 Å². The first kappa shape index (κ1) is 14.3. The third-order valence-corrected chi connectivity index (χ3v) is 5.19. The summed E-state index contributed by atoms with van der Waals surface area (Å²) in [4.78, 5) is 14.0. The van der Waals surface area contributed by atoms with Gasteiger partial charge >= 0.3 is 0 Å². The quantitative estimate of drug-likeness (QED) is 0.757. The zero-order valence-corrected chi connectivity index (χ0v) is 14.3. The predicted molar refractivity (Wildman–Crippen MR) is 80.7 cm³/mol. The number of benzene rings is 1. The van der Waals surface area contributed by atoms with Crippen molar-refractivity contribution in [2.45, 2.75) is 19.3 Å². The molecular formula is C12H12Br3NO2. The van der Waals surface area contributed by atoms with E-state index in [-0.39, 0.29) is 11.7 Å². The maximum absolute atomic E-state index is 12.1. The molecule has 0 aliphatic carbocycles. The van der Waals surface area contributed by atoms with E-state index < -0.39 is 0 Å². The minimum absolute atomic E-state index is 0.107. The van der Waals surface area contributed by atoms with Crippen molar-refractivity contribution in [3.05, 3.63) is 25.0 Å². The van der Waals surface area contributed by atoms with Crippen LogP contribution < -0.4 is 0 Å². The van der Waals surface area contributed by atoms with E-state index in [0.29, 0.717) is 15.4 Å². The van der Waals surface area contributed by atoms with Gasteiger partial charge in [-0.05, 0) is 56.3 Å². The van der Waals surface area contributed by atoms with Crippen molar-refractivity contribution in [1.29, 1.82) is 0 Å². The molecule has 1 aliphatic rings. The molecule has 3 nitrogen and oxygen atoms in total. The SMILES string of the molecule is O=C(Cc1c(Br)cc(Br)c(O)c1Br)N1CCCC1. The number of carbonyl (C=O) groups excluding carboxylic acids is 1. The first-order chi connectivity index (χ1) is 8.50. The molecule has 1 aliphatic heterocycles. The van der Waals surface area contributed by atoms with Gasteiger partial charge in [0.05, 0.1) is 15.4 Å². The first-order valence-corrected chi connectivity index (χ1v) is 8.01. The zero-order valence-electron chi connectivity index (χ0n) is 9.55. The van der Waals surface area contributed by atoms with Gasteiger partial charge in [0.25, 0.3) is 0 Å². The second kappa shape index (κ2) is 5.92. The lowest BCUT2D eigenvalue weighted by atomic mass is 10.1. The highest BCUT2D eigenvalue weighted by Gasteiger charge is 2.21. The third-order valence-electron chi connectivity index (χ3n) is 3.03. The van der Waals surface area contributed by atoms with Crippen LogP contribution in [0.25, 0.3) is 0 Å². The van der Waals surface area contributed by atoms with Crippen LogP contribution in [0, 0.1) is 0 Å². The summed E-state index contributed by atoms with van der Waals surface area (Å²) in [5, 5.41) is 9.85. The lowest BCUT2D eigenvalue weighted by molar-refractivity contribution is -0.129. The number of halogens is 3. The maximum atomic E-state index is 12.1. The van der Waals surface area contributed by atoms with Gasteiger partial charge < -0.3 is 10.0 Å². The van der Waals surface area contributed by atoms with Gasteiger partial charge in [-0.2, -0.15) is 0 Å². The molecule has 0 atom stereocenters. The number of phenolic OH excluding ortho intramolecular Hbond substituents is 1. The largest absolute Gasteiger partial charge is 0.506 e. The standard InChI is InChI=1S/C12H12Br3NO2/c13-8-6-9(14)12(18)11(15)7(8)5-10(17)16-3-1-2-4-16/h6,18H,1-5H2. The Bertz CT molecular complexity index is 485. The summed E-state index contributed by atoms with van der Waals surface area (Å²) in [6.07, 6.45) is 2.46. The van der Waals surface area contributed by atoms with Crippen LogP contribution in [-0.2, 0) is 11.2 Å². The summed E-state index contributed by atoms with van der Waals surface area (Å²) < 4.78 is 1.97. The fourth-order valence-electron chi connectivity index (χ4n) is 2.01. The van der Waals surface area contributed by atoms with Crippen molar-refractivity contribution in [2.75, 3.05) is 13.1 Å². The summed E-state index contributed by atoms with van der Waals surface area (Å²) in [7, 11) is 0. The molecule has 2 rings (SSSR count).